The third-order valence-electron chi connectivity index (χ3n) is 4.46. The largest absolute Gasteiger partial charge is 0.369 e. The van der Waals surface area contributed by atoms with Crippen molar-refractivity contribution >= 4 is 0 Å². The van der Waals surface area contributed by atoms with Crippen LogP contribution in [-0.2, 0) is 4.74 Å². The number of fused-ring (bicyclic) bond motifs is 1. The molecule has 3 atom stereocenters. The lowest BCUT2D eigenvalue weighted by Crippen LogP contribution is -2.63. The Labute approximate surface area is 107 Å². The zero-order valence-corrected chi connectivity index (χ0v) is 12.2. The number of ether oxygens (including phenoxy) is 1. The smallest absolute Gasteiger partial charge is 0.0786 e. The molecule has 17 heavy (non-hydrogen) atoms. The van der Waals surface area contributed by atoms with Crippen LogP contribution in [0.5, 0.6) is 0 Å². The summed E-state index contributed by atoms with van der Waals surface area (Å²) in [6.45, 7) is 12.6. The quantitative estimate of drug-likeness (QED) is 0.798. The Morgan fingerprint density at radius 3 is 2.65 bits per heavy atom. The first-order valence-corrected chi connectivity index (χ1v) is 7.24. The van der Waals surface area contributed by atoms with Gasteiger partial charge in [-0.05, 0) is 37.5 Å². The van der Waals surface area contributed by atoms with Crippen molar-refractivity contribution in [3.63, 3.8) is 0 Å². The second-order valence-electron chi connectivity index (χ2n) is 7.45. The van der Waals surface area contributed by atoms with E-state index in [0.717, 1.165) is 13.0 Å². The predicted molar refractivity (Wildman–Crippen MR) is 72.2 cm³/mol. The van der Waals surface area contributed by atoms with Gasteiger partial charge in [-0.25, -0.2) is 0 Å². The molecule has 2 heteroatoms. The van der Waals surface area contributed by atoms with Gasteiger partial charge in [0, 0.05) is 12.6 Å². The normalized spacial score (nSPS) is 41.3. The highest BCUT2D eigenvalue weighted by Gasteiger charge is 2.47. The predicted octanol–water partition coefficient (Wildman–Crippen LogP) is 3.36. The average molecular weight is 239 g/mol. The van der Waals surface area contributed by atoms with Gasteiger partial charge in [0.25, 0.3) is 0 Å². The van der Waals surface area contributed by atoms with E-state index in [0.29, 0.717) is 23.5 Å². The first kappa shape index (κ1) is 13.4. The molecule has 0 aromatic carbocycles. The Bertz CT molecular complexity index is 274. The maximum atomic E-state index is 6.54. The molecule has 0 aromatic heterocycles. The van der Waals surface area contributed by atoms with Gasteiger partial charge in [0.1, 0.15) is 0 Å². The van der Waals surface area contributed by atoms with Crippen molar-refractivity contribution in [3.8, 4) is 0 Å². The van der Waals surface area contributed by atoms with E-state index in [4.69, 9.17) is 4.74 Å². The van der Waals surface area contributed by atoms with Gasteiger partial charge in [0.15, 0.2) is 0 Å². The fraction of sp³-hybridized carbons (Fsp3) is 1.00. The molecule has 0 radical (unpaired) electrons. The summed E-state index contributed by atoms with van der Waals surface area (Å²) in [5.74, 6) is 0.699. The molecular weight excluding hydrogens is 210 g/mol. The summed E-state index contributed by atoms with van der Waals surface area (Å²) < 4.78 is 6.54. The van der Waals surface area contributed by atoms with Crippen LogP contribution in [0.1, 0.15) is 60.3 Å². The van der Waals surface area contributed by atoms with Gasteiger partial charge >= 0.3 is 0 Å². The highest BCUT2D eigenvalue weighted by molar-refractivity contribution is 5.00. The third-order valence-corrected chi connectivity index (χ3v) is 4.46. The molecule has 0 amide bonds. The standard InChI is InChI=1S/C15H29NO/c1-11(2)9-15(5)10-16-12-7-6-8-14(3,4)13(12)17-15/h11-13,16H,6-10H2,1-5H3. The first-order valence-electron chi connectivity index (χ1n) is 7.24. The van der Waals surface area contributed by atoms with Crippen LogP contribution in [0.2, 0.25) is 0 Å². The molecule has 1 aliphatic carbocycles. The summed E-state index contributed by atoms with van der Waals surface area (Å²) in [7, 11) is 0. The summed E-state index contributed by atoms with van der Waals surface area (Å²) in [5, 5.41) is 3.75. The molecule has 2 aliphatic rings. The molecule has 2 fully saturated rings. The van der Waals surface area contributed by atoms with E-state index < -0.39 is 0 Å². The van der Waals surface area contributed by atoms with Crippen molar-refractivity contribution in [3.05, 3.63) is 0 Å². The van der Waals surface area contributed by atoms with Crippen molar-refractivity contribution < 1.29 is 4.74 Å². The van der Waals surface area contributed by atoms with Gasteiger partial charge in [-0.3, -0.25) is 0 Å². The molecule has 0 aromatic rings. The SMILES string of the molecule is CC(C)CC1(C)CNC2CCCC(C)(C)C2O1. The fourth-order valence-electron chi connectivity index (χ4n) is 3.75. The number of hydrogen-bond acceptors (Lipinski definition) is 2. The molecule has 0 bridgehead atoms. The van der Waals surface area contributed by atoms with Gasteiger partial charge < -0.3 is 10.1 Å². The zero-order chi connectivity index (χ0) is 12.7. The van der Waals surface area contributed by atoms with E-state index in [1.54, 1.807) is 0 Å². The van der Waals surface area contributed by atoms with E-state index in [2.05, 4.69) is 39.9 Å². The molecule has 1 N–H and O–H groups in total. The molecule has 1 saturated carbocycles. The van der Waals surface area contributed by atoms with Gasteiger partial charge in [0.2, 0.25) is 0 Å². The fourth-order valence-corrected chi connectivity index (χ4v) is 3.75. The Hall–Kier alpha value is -0.0800. The van der Waals surface area contributed by atoms with Gasteiger partial charge in [-0.15, -0.1) is 0 Å². The highest BCUT2D eigenvalue weighted by Crippen LogP contribution is 2.42. The molecule has 2 nitrogen and oxygen atoms in total. The van der Waals surface area contributed by atoms with Crippen LogP contribution in [0.15, 0.2) is 0 Å². The van der Waals surface area contributed by atoms with Crippen molar-refractivity contribution in [1.29, 1.82) is 0 Å². The summed E-state index contributed by atoms with van der Waals surface area (Å²) in [4.78, 5) is 0. The van der Waals surface area contributed by atoms with Crippen molar-refractivity contribution in [2.75, 3.05) is 6.54 Å². The third kappa shape index (κ3) is 2.85. The molecule has 1 aliphatic heterocycles. The Kier molecular flexibility index (Phi) is 3.57. The topological polar surface area (TPSA) is 21.3 Å². The Balaban J connectivity index is 2.09. The van der Waals surface area contributed by atoms with Gasteiger partial charge in [-0.2, -0.15) is 0 Å². The lowest BCUT2D eigenvalue weighted by Gasteiger charge is -2.52. The van der Waals surface area contributed by atoms with Crippen LogP contribution in [0.25, 0.3) is 0 Å². The van der Waals surface area contributed by atoms with Crippen LogP contribution in [0.3, 0.4) is 0 Å². The summed E-state index contributed by atoms with van der Waals surface area (Å²) >= 11 is 0. The minimum Gasteiger partial charge on any atom is -0.369 e. The molecule has 1 heterocycles. The van der Waals surface area contributed by atoms with E-state index in [1.807, 2.05) is 0 Å². The van der Waals surface area contributed by atoms with E-state index >= 15 is 0 Å². The van der Waals surface area contributed by atoms with E-state index in [9.17, 15) is 0 Å². The van der Waals surface area contributed by atoms with Crippen LogP contribution >= 0.6 is 0 Å². The van der Waals surface area contributed by atoms with Crippen LogP contribution in [-0.4, -0.2) is 24.3 Å². The maximum Gasteiger partial charge on any atom is 0.0786 e. The monoisotopic (exact) mass is 239 g/mol. The summed E-state index contributed by atoms with van der Waals surface area (Å²) in [6, 6.07) is 0.582. The minimum absolute atomic E-state index is 0.0317. The molecular formula is C15H29NO. The molecule has 0 spiro atoms. The van der Waals surface area contributed by atoms with E-state index in [1.165, 1.54) is 19.3 Å². The average Bonchev–Trinajstić information content (AvgIpc) is 2.17. The van der Waals surface area contributed by atoms with Crippen molar-refractivity contribution in [2.24, 2.45) is 11.3 Å². The summed E-state index contributed by atoms with van der Waals surface area (Å²) in [5.41, 5.74) is 0.360. The van der Waals surface area contributed by atoms with Crippen LogP contribution < -0.4 is 5.32 Å². The van der Waals surface area contributed by atoms with E-state index in [-0.39, 0.29) is 5.60 Å². The van der Waals surface area contributed by atoms with Gasteiger partial charge in [0.05, 0.1) is 11.7 Å². The lowest BCUT2D eigenvalue weighted by molar-refractivity contribution is -0.184. The molecule has 3 unspecified atom stereocenters. The van der Waals surface area contributed by atoms with Crippen molar-refractivity contribution in [1.82, 2.24) is 5.32 Å². The summed E-state index contributed by atoms with van der Waals surface area (Å²) in [6.07, 6.45) is 5.47. The Morgan fingerprint density at radius 1 is 1.29 bits per heavy atom. The number of nitrogens with one attached hydrogen (secondary N) is 1. The number of rotatable bonds is 2. The lowest BCUT2D eigenvalue weighted by atomic mass is 9.71. The molecule has 2 rings (SSSR count). The minimum atomic E-state index is 0.0317. The second-order valence-corrected chi connectivity index (χ2v) is 7.45. The molecule has 1 saturated heterocycles. The number of hydrogen-bond donors (Lipinski definition) is 1. The highest BCUT2D eigenvalue weighted by atomic mass is 16.5. The molecule has 100 valence electrons. The van der Waals surface area contributed by atoms with Crippen molar-refractivity contribution in [2.45, 2.75) is 78.0 Å². The number of morpholine rings is 1. The maximum absolute atomic E-state index is 6.54. The first-order chi connectivity index (χ1) is 7.82. The second kappa shape index (κ2) is 4.55. The van der Waals surface area contributed by atoms with Gasteiger partial charge in [-0.1, -0.05) is 34.1 Å². The van der Waals surface area contributed by atoms with Crippen LogP contribution in [0, 0.1) is 11.3 Å². The van der Waals surface area contributed by atoms with Crippen LogP contribution in [0.4, 0.5) is 0 Å². The Morgan fingerprint density at radius 2 is 2.00 bits per heavy atom. The zero-order valence-electron chi connectivity index (χ0n) is 12.2.